The highest BCUT2D eigenvalue weighted by atomic mass is 16.5. The summed E-state index contributed by atoms with van der Waals surface area (Å²) in [5.41, 5.74) is 2.58. The molecule has 0 saturated heterocycles. The van der Waals surface area contributed by atoms with Crippen molar-refractivity contribution in [3.8, 4) is 0 Å². The van der Waals surface area contributed by atoms with Crippen molar-refractivity contribution in [2.75, 3.05) is 6.61 Å². The summed E-state index contributed by atoms with van der Waals surface area (Å²) in [6.07, 6.45) is 0. The van der Waals surface area contributed by atoms with E-state index in [4.69, 9.17) is 4.74 Å². The van der Waals surface area contributed by atoms with Gasteiger partial charge in [0.15, 0.2) is 0 Å². The molecule has 1 N–H and O–H groups in total. The summed E-state index contributed by atoms with van der Waals surface area (Å²) >= 11 is 0. The number of amides is 1. The third-order valence-electron chi connectivity index (χ3n) is 3.20. The van der Waals surface area contributed by atoms with Crippen LogP contribution in [0.2, 0.25) is 0 Å². The molecule has 1 aromatic heterocycles. The molecule has 1 aliphatic rings. The van der Waals surface area contributed by atoms with E-state index in [0.29, 0.717) is 18.8 Å². The van der Waals surface area contributed by atoms with Crippen LogP contribution in [0.15, 0.2) is 18.2 Å². The molecule has 0 saturated carbocycles. The number of carbonyl (C=O) groups is 1. The number of carbonyl (C=O) groups excluding carboxylic acids is 1. The van der Waals surface area contributed by atoms with Crippen LogP contribution in [0.1, 0.15) is 30.0 Å². The van der Waals surface area contributed by atoms with Gasteiger partial charge in [0, 0.05) is 18.2 Å². The SMILES string of the molecule is CC(C)NC(=O)c1ccc2c(c1)nc1n2CCOC1. The van der Waals surface area contributed by atoms with Crippen LogP contribution in [-0.4, -0.2) is 28.1 Å². The number of ether oxygens (including phenoxy) is 1. The van der Waals surface area contributed by atoms with Crippen molar-refractivity contribution in [3.05, 3.63) is 29.6 Å². The molecule has 0 fully saturated rings. The van der Waals surface area contributed by atoms with E-state index in [-0.39, 0.29) is 11.9 Å². The summed E-state index contributed by atoms with van der Waals surface area (Å²) in [6, 6.07) is 5.79. The summed E-state index contributed by atoms with van der Waals surface area (Å²) in [7, 11) is 0. The van der Waals surface area contributed by atoms with Crippen LogP contribution in [0.3, 0.4) is 0 Å². The Kier molecular flexibility index (Phi) is 2.98. The Hall–Kier alpha value is -1.88. The minimum Gasteiger partial charge on any atom is -0.372 e. The Bertz CT molecular complexity index is 631. The lowest BCUT2D eigenvalue weighted by atomic mass is 10.2. The van der Waals surface area contributed by atoms with E-state index in [9.17, 15) is 4.79 Å². The molecule has 2 aromatic rings. The fraction of sp³-hybridized carbons (Fsp3) is 0.429. The molecule has 3 rings (SSSR count). The summed E-state index contributed by atoms with van der Waals surface area (Å²) in [5, 5.41) is 2.89. The fourth-order valence-corrected chi connectivity index (χ4v) is 2.35. The molecule has 19 heavy (non-hydrogen) atoms. The highest BCUT2D eigenvalue weighted by Gasteiger charge is 2.16. The normalized spacial score (nSPS) is 14.7. The van der Waals surface area contributed by atoms with Crippen molar-refractivity contribution >= 4 is 16.9 Å². The standard InChI is InChI=1S/C14H17N3O2/c1-9(2)15-14(18)10-3-4-12-11(7-10)16-13-8-19-6-5-17(12)13/h3-4,7,9H,5-6,8H2,1-2H3,(H,15,18). The van der Waals surface area contributed by atoms with E-state index in [2.05, 4.69) is 14.9 Å². The zero-order chi connectivity index (χ0) is 13.4. The minimum absolute atomic E-state index is 0.0564. The first kappa shape index (κ1) is 12.2. The molecule has 0 aliphatic carbocycles. The van der Waals surface area contributed by atoms with Gasteiger partial charge < -0.3 is 14.6 Å². The summed E-state index contributed by atoms with van der Waals surface area (Å²) < 4.78 is 7.55. The van der Waals surface area contributed by atoms with E-state index >= 15 is 0 Å². The molecule has 0 unspecified atom stereocenters. The number of imidazole rings is 1. The smallest absolute Gasteiger partial charge is 0.251 e. The van der Waals surface area contributed by atoms with Crippen LogP contribution < -0.4 is 5.32 Å². The first-order chi connectivity index (χ1) is 9.15. The molecule has 0 atom stereocenters. The molecule has 0 radical (unpaired) electrons. The van der Waals surface area contributed by atoms with Crippen molar-refractivity contribution < 1.29 is 9.53 Å². The monoisotopic (exact) mass is 259 g/mol. The lowest BCUT2D eigenvalue weighted by Gasteiger charge is -2.14. The zero-order valence-electron chi connectivity index (χ0n) is 11.1. The average Bonchev–Trinajstić information content (AvgIpc) is 2.75. The number of rotatable bonds is 2. The van der Waals surface area contributed by atoms with Gasteiger partial charge in [0.2, 0.25) is 0 Å². The van der Waals surface area contributed by atoms with Crippen LogP contribution in [0, 0.1) is 0 Å². The number of aromatic nitrogens is 2. The first-order valence-electron chi connectivity index (χ1n) is 6.53. The Morgan fingerprint density at radius 3 is 3.11 bits per heavy atom. The van der Waals surface area contributed by atoms with Crippen LogP contribution in [0.5, 0.6) is 0 Å². The quantitative estimate of drug-likeness (QED) is 0.893. The van der Waals surface area contributed by atoms with E-state index < -0.39 is 0 Å². The lowest BCUT2D eigenvalue weighted by Crippen LogP contribution is -2.29. The second-order valence-corrected chi connectivity index (χ2v) is 5.06. The Morgan fingerprint density at radius 1 is 1.47 bits per heavy atom. The maximum absolute atomic E-state index is 12.0. The summed E-state index contributed by atoms with van der Waals surface area (Å²) in [4.78, 5) is 16.5. The van der Waals surface area contributed by atoms with Gasteiger partial charge in [-0.1, -0.05) is 0 Å². The number of nitrogens with zero attached hydrogens (tertiary/aromatic N) is 2. The average molecular weight is 259 g/mol. The maximum atomic E-state index is 12.0. The Morgan fingerprint density at radius 2 is 2.32 bits per heavy atom. The van der Waals surface area contributed by atoms with Crippen molar-refractivity contribution in [1.82, 2.24) is 14.9 Å². The van der Waals surface area contributed by atoms with Gasteiger partial charge in [-0.25, -0.2) is 4.98 Å². The summed E-state index contributed by atoms with van der Waals surface area (Å²) in [6.45, 7) is 5.98. The molecule has 2 heterocycles. The topological polar surface area (TPSA) is 56.2 Å². The zero-order valence-corrected chi connectivity index (χ0v) is 11.1. The molecule has 1 aromatic carbocycles. The highest BCUT2D eigenvalue weighted by Crippen LogP contribution is 2.20. The molecular formula is C14H17N3O2. The second kappa shape index (κ2) is 4.66. The van der Waals surface area contributed by atoms with Crippen LogP contribution in [0.4, 0.5) is 0 Å². The Labute approximate surface area is 111 Å². The molecule has 0 bridgehead atoms. The van der Waals surface area contributed by atoms with Crippen molar-refractivity contribution in [1.29, 1.82) is 0 Å². The largest absolute Gasteiger partial charge is 0.372 e. The van der Waals surface area contributed by atoms with Crippen LogP contribution >= 0.6 is 0 Å². The van der Waals surface area contributed by atoms with Gasteiger partial charge in [0.1, 0.15) is 12.4 Å². The number of hydrogen-bond donors (Lipinski definition) is 1. The third-order valence-corrected chi connectivity index (χ3v) is 3.20. The minimum atomic E-state index is -0.0564. The van der Waals surface area contributed by atoms with E-state index in [1.165, 1.54) is 0 Å². The van der Waals surface area contributed by atoms with E-state index in [1.807, 2.05) is 32.0 Å². The van der Waals surface area contributed by atoms with Crippen LogP contribution in [0.25, 0.3) is 11.0 Å². The highest BCUT2D eigenvalue weighted by molar-refractivity contribution is 5.97. The van der Waals surface area contributed by atoms with Crippen molar-refractivity contribution in [2.45, 2.75) is 33.0 Å². The molecular weight excluding hydrogens is 242 g/mol. The van der Waals surface area contributed by atoms with Gasteiger partial charge in [0.25, 0.3) is 5.91 Å². The lowest BCUT2D eigenvalue weighted by molar-refractivity contribution is 0.0830. The number of benzene rings is 1. The first-order valence-corrected chi connectivity index (χ1v) is 6.53. The number of nitrogens with one attached hydrogen (secondary N) is 1. The van der Waals surface area contributed by atoms with Gasteiger partial charge in [-0.15, -0.1) is 0 Å². The maximum Gasteiger partial charge on any atom is 0.251 e. The summed E-state index contributed by atoms with van der Waals surface area (Å²) in [5.74, 6) is 0.877. The molecule has 5 nitrogen and oxygen atoms in total. The molecule has 1 amide bonds. The Balaban J connectivity index is 2.00. The van der Waals surface area contributed by atoms with Gasteiger partial charge in [-0.3, -0.25) is 4.79 Å². The second-order valence-electron chi connectivity index (χ2n) is 5.06. The number of fused-ring (bicyclic) bond motifs is 3. The predicted octanol–water partition coefficient (Wildman–Crippen LogP) is 1.70. The molecule has 0 spiro atoms. The van der Waals surface area contributed by atoms with Gasteiger partial charge in [-0.05, 0) is 32.0 Å². The van der Waals surface area contributed by atoms with Crippen molar-refractivity contribution in [3.63, 3.8) is 0 Å². The fourth-order valence-electron chi connectivity index (χ4n) is 2.35. The van der Waals surface area contributed by atoms with Gasteiger partial charge in [0.05, 0.1) is 17.6 Å². The van der Waals surface area contributed by atoms with Gasteiger partial charge >= 0.3 is 0 Å². The molecule has 100 valence electrons. The predicted molar refractivity (Wildman–Crippen MR) is 72.0 cm³/mol. The van der Waals surface area contributed by atoms with Gasteiger partial charge in [-0.2, -0.15) is 0 Å². The molecule has 5 heteroatoms. The van der Waals surface area contributed by atoms with E-state index in [0.717, 1.165) is 23.4 Å². The molecule has 1 aliphatic heterocycles. The number of hydrogen-bond acceptors (Lipinski definition) is 3. The van der Waals surface area contributed by atoms with Crippen LogP contribution in [-0.2, 0) is 17.9 Å². The van der Waals surface area contributed by atoms with Crippen molar-refractivity contribution in [2.24, 2.45) is 0 Å². The third kappa shape index (κ3) is 2.21. The van der Waals surface area contributed by atoms with E-state index in [1.54, 1.807) is 0 Å².